The minimum absolute atomic E-state index is 0. The van der Waals surface area contributed by atoms with Gasteiger partial charge in [0.1, 0.15) is 12.0 Å². The van der Waals surface area contributed by atoms with E-state index in [2.05, 4.69) is 27.3 Å². The summed E-state index contributed by atoms with van der Waals surface area (Å²) >= 11 is 0. The molecular formula is C18H31IN4O2. The molecule has 0 atom stereocenters. The van der Waals surface area contributed by atoms with Crippen LogP contribution in [0.3, 0.4) is 0 Å². The van der Waals surface area contributed by atoms with E-state index in [1.165, 1.54) is 25.7 Å². The molecule has 1 saturated carbocycles. The molecule has 1 aliphatic heterocycles. The molecule has 0 amide bonds. The number of ether oxygens (including phenoxy) is 1. The summed E-state index contributed by atoms with van der Waals surface area (Å²) in [6.45, 7) is 6.49. The van der Waals surface area contributed by atoms with E-state index in [0.29, 0.717) is 12.6 Å². The first-order chi connectivity index (χ1) is 11.8. The van der Waals surface area contributed by atoms with Crippen LogP contribution in [0.15, 0.2) is 21.8 Å². The van der Waals surface area contributed by atoms with Gasteiger partial charge in [0.2, 0.25) is 0 Å². The number of hydrogen-bond acceptors (Lipinski definition) is 4. The van der Waals surface area contributed by atoms with Gasteiger partial charge >= 0.3 is 0 Å². The molecule has 7 heteroatoms. The van der Waals surface area contributed by atoms with E-state index in [0.717, 1.165) is 56.7 Å². The molecule has 2 aliphatic rings. The highest BCUT2D eigenvalue weighted by molar-refractivity contribution is 14.0. The summed E-state index contributed by atoms with van der Waals surface area (Å²) in [6, 6.07) is 1.86. The molecule has 0 bridgehead atoms. The Morgan fingerprint density at radius 3 is 2.72 bits per heavy atom. The quantitative estimate of drug-likeness (QED) is 0.399. The van der Waals surface area contributed by atoms with E-state index in [9.17, 15) is 0 Å². The summed E-state index contributed by atoms with van der Waals surface area (Å²) < 4.78 is 11.0. The van der Waals surface area contributed by atoms with Crippen molar-refractivity contribution in [1.82, 2.24) is 15.4 Å². The summed E-state index contributed by atoms with van der Waals surface area (Å²) in [4.78, 5) is 7.01. The number of guanidine groups is 1. The second-order valence-corrected chi connectivity index (χ2v) is 6.83. The zero-order valence-corrected chi connectivity index (χ0v) is 17.5. The van der Waals surface area contributed by atoms with Gasteiger partial charge in [0.25, 0.3) is 0 Å². The van der Waals surface area contributed by atoms with Crippen LogP contribution in [-0.4, -0.2) is 48.4 Å². The Bertz CT molecular complexity index is 495. The minimum atomic E-state index is 0. The maximum atomic E-state index is 6.16. The number of hydrogen-bond donors (Lipinski definition) is 1. The first-order valence-corrected chi connectivity index (χ1v) is 9.39. The molecule has 1 aliphatic carbocycles. The maximum absolute atomic E-state index is 6.16. The fourth-order valence-corrected chi connectivity index (χ4v) is 3.58. The van der Waals surface area contributed by atoms with Crippen LogP contribution in [0.4, 0.5) is 0 Å². The molecule has 0 radical (unpaired) electrons. The minimum Gasteiger partial charge on any atom is -0.378 e. The lowest BCUT2D eigenvalue weighted by Crippen LogP contribution is -2.47. The number of nitrogens with one attached hydrogen (secondary N) is 1. The Balaban J connectivity index is 0.00000225. The van der Waals surface area contributed by atoms with Crippen LogP contribution in [0, 0.1) is 5.92 Å². The average molecular weight is 462 g/mol. The molecule has 6 nitrogen and oxygen atoms in total. The molecule has 1 N–H and O–H groups in total. The van der Waals surface area contributed by atoms with Crippen molar-refractivity contribution in [2.45, 2.75) is 58.1 Å². The number of halogens is 1. The zero-order valence-electron chi connectivity index (χ0n) is 15.2. The topological polar surface area (TPSA) is 62.9 Å². The van der Waals surface area contributed by atoms with Crippen LogP contribution >= 0.6 is 24.0 Å². The van der Waals surface area contributed by atoms with E-state index in [1.807, 2.05) is 6.07 Å². The van der Waals surface area contributed by atoms with Crippen molar-refractivity contribution in [3.05, 3.63) is 18.0 Å². The molecule has 2 fully saturated rings. The predicted octanol–water partition coefficient (Wildman–Crippen LogP) is 3.43. The van der Waals surface area contributed by atoms with Crippen LogP contribution in [0.2, 0.25) is 0 Å². The van der Waals surface area contributed by atoms with Crippen LogP contribution in [-0.2, 0) is 11.3 Å². The summed E-state index contributed by atoms with van der Waals surface area (Å²) in [6.07, 6.45) is 9.67. The van der Waals surface area contributed by atoms with Gasteiger partial charge in [-0.05, 0) is 38.5 Å². The van der Waals surface area contributed by atoms with E-state index < -0.39 is 0 Å². The molecular weight excluding hydrogens is 431 g/mol. The Labute approximate surface area is 167 Å². The lowest BCUT2D eigenvalue weighted by molar-refractivity contribution is 0.00101. The van der Waals surface area contributed by atoms with Gasteiger partial charge < -0.3 is 19.5 Å². The van der Waals surface area contributed by atoms with Gasteiger partial charge in [0.05, 0.1) is 12.6 Å². The largest absolute Gasteiger partial charge is 0.378 e. The maximum Gasteiger partial charge on any atom is 0.194 e. The molecule has 0 spiro atoms. The number of aromatic nitrogens is 1. The van der Waals surface area contributed by atoms with Gasteiger partial charge in [-0.2, -0.15) is 0 Å². The van der Waals surface area contributed by atoms with Gasteiger partial charge in [0.15, 0.2) is 5.96 Å². The normalized spacial score (nSPS) is 19.9. The third kappa shape index (κ3) is 6.44. The molecule has 1 aromatic heterocycles. The fraction of sp³-hybridized carbons (Fsp3) is 0.778. The molecule has 2 heterocycles. The van der Waals surface area contributed by atoms with E-state index in [4.69, 9.17) is 9.26 Å². The monoisotopic (exact) mass is 462 g/mol. The van der Waals surface area contributed by atoms with Crippen LogP contribution in [0.25, 0.3) is 0 Å². The van der Waals surface area contributed by atoms with Crippen molar-refractivity contribution >= 4 is 29.9 Å². The number of aliphatic imine (C=N–C) groups is 1. The van der Waals surface area contributed by atoms with E-state index in [1.54, 1.807) is 6.26 Å². The number of nitrogens with zero attached hydrogens (tertiary/aromatic N) is 3. The third-order valence-electron chi connectivity index (χ3n) is 5.00. The summed E-state index contributed by atoms with van der Waals surface area (Å²) in [7, 11) is 0. The molecule has 25 heavy (non-hydrogen) atoms. The predicted molar refractivity (Wildman–Crippen MR) is 109 cm³/mol. The van der Waals surface area contributed by atoms with Gasteiger partial charge in [-0.25, -0.2) is 4.99 Å². The lowest BCUT2D eigenvalue weighted by Gasteiger charge is -2.34. The summed E-state index contributed by atoms with van der Waals surface area (Å²) in [5.41, 5.74) is 0.861. The smallest absolute Gasteiger partial charge is 0.194 e. The van der Waals surface area contributed by atoms with Crippen molar-refractivity contribution in [3.8, 4) is 0 Å². The van der Waals surface area contributed by atoms with Gasteiger partial charge in [-0.15, -0.1) is 24.0 Å². The Kier molecular flexibility index (Phi) is 9.02. The first kappa shape index (κ1) is 20.5. The number of likely N-dealkylation sites (tertiary alicyclic amines) is 1. The van der Waals surface area contributed by atoms with Gasteiger partial charge in [-0.1, -0.05) is 18.0 Å². The van der Waals surface area contributed by atoms with Crippen LogP contribution in [0.1, 0.15) is 51.1 Å². The Morgan fingerprint density at radius 2 is 2.08 bits per heavy atom. The van der Waals surface area contributed by atoms with Crippen LogP contribution < -0.4 is 5.32 Å². The third-order valence-corrected chi connectivity index (χ3v) is 5.00. The summed E-state index contributed by atoms with van der Waals surface area (Å²) in [5, 5.41) is 7.30. The molecule has 3 rings (SSSR count). The highest BCUT2D eigenvalue weighted by Gasteiger charge is 2.23. The van der Waals surface area contributed by atoms with Crippen LogP contribution in [0.5, 0.6) is 0 Å². The first-order valence-electron chi connectivity index (χ1n) is 9.39. The summed E-state index contributed by atoms with van der Waals surface area (Å²) in [5.74, 6) is 1.78. The highest BCUT2D eigenvalue weighted by atomic mass is 127. The molecule has 0 unspecified atom stereocenters. The zero-order chi connectivity index (χ0) is 16.6. The van der Waals surface area contributed by atoms with Gasteiger partial charge in [-0.3, -0.25) is 0 Å². The fourth-order valence-electron chi connectivity index (χ4n) is 3.58. The van der Waals surface area contributed by atoms with E-state index >= 15 is 0 Å². The van der Waals surface area contributed by atoms with E-state index in [-0.39, 0.29) is 24.0 Å². The van der Waals surface area contributed by atoms with Crippen molar-refractivity contribution in [1.29, 1.82) is 0 Å². The second kappa shape index (κ2) is 11.0. The lowest BCUT2D eigenvalue weighted by atomic mass is 10.1. The Hall–Kier alpha value is -0.830. The SMILES string of the molecule is CCNC(=NCc1ccon1)N1CCC(OCC2CCCC2)CC1.I. The van der Waals surface area contributed by atoms with Crippen molar-refractivity contribution in [2.75, 3.05) is 26.2 Å². The standard InChI is InChI=1S/C18H30N4O2.HI/c1-2-19-18(20-13-16-9-12-24-21-16)22-10-7-17(8-11-22)23-14-15-5-3-4-6-15;/h9,12,15,17H,2-8,10-11,13-14H2,1H3,(H,19,20);1H. The van der Waals surface area contributed by atoms with Crippen molar-refractivity contribution < 1.29 is 9.26 Å². The molecule has 1 aromatic rings. The molecule has 1 saturated heterocycles. The van der Waals surface area contributed by atoms with Crippen molar-refractivity contribution in [2.24, 2.45) is 10.9 Å². The van der Waals surface area contributed by atoms with Gasteiger partial charge in [0, 0.05) is 32.3 Å². The Morgan fingerprint density at radius 1 is 1.32 bits per heavy atom. The average Bonchev–Trinajstić information content (AvgIpc) is 3.31. The highest BCUT2D eigenvalue weighted by Crippen LogP contribution is 2.26. The molecule has 142 valence electrons. The van der Waals surface area contributed by atoms with Crippen molar-refractivity contribution in [3.63, 3.8) is 0 Å². The second-order valence-electron chi connectivity index (χ2n) is 6.83. The molecule has 0 aromatic carbocycles. The number of piperidine rings is 1. The number of rotatable bonds is 6.